The number of carbonyl (C=O) groups is 3. The molecule has 0 saturated heterocycles. The Morgan fingerprint density at radius 1 is 0.710 bits per heavy atom. The molecule has 0 heterocycles. The molecule has 2 aromatic rings. The normalized spacial score (nSPS) is 10.3. The van der Waals surface area contributed by atoms with Crippen LogP contribution in [-0.2, 0) is 14.3 Å². The lowest BCUT2D eigenvalue weighted by Crippen LogP contribution is -2.09. The maximum Gasteiger partial charge on any atom is 0.343 e. The highest BCUT2D eigenvalue weighted by atomic mass is 16.5. The number of hydrogen-bond donors (Lipinski definition) is 0. The maximum absolute atomic E-state index is 12.3. The van der Waals surface area contributed by atoms with Crippen LogP contribution >= 0.6 is 0 Å². The van der Waals surface area contributed by atoms with E-state index in [1.54, 1.807) is 31.2 Å². The molecule has 0 aliphatic carbocycles. The molecule has 0 aliphatic heterocycles. The molecule has 0 radical (unpaired) electrons. The highest BCUT2D eigenvalue weighted by Gasteiger charge is 2.10. The van der Waals surface area contributed by atoms with E-state index < -0.39 is 11.9 Å². The van der Waals surface area contributed by atoms with Gasteiger partial charge >= 0.3 is 17.9 Å². The molecule has 0 aromatic heterocycles. The molecule has 0 bridgehead atoms. The van der Waals surface area contributed by atoms with E-state index in [-0.39, 0.29) is 5.97 Å². The molecule has 7 nitrogen and oxygen atoms in total. The van der Waals surface area contributed by atoms with Gasteiger partial charge < -0.3 is 18.9 Å². The van der Waals surface area contributed by atoms with Gasteiger partial charge in [-0.1, -0.05) is 6.92 Å². The summed E-state index contributed by atoms with van der Waals surface area (Å²) in [6.07, 6.45) is 4.13. The molecule has 2 aromatic carbocycles. The molecule has 166 valence electrons. The van der Waals surface area contributed by atoms with E-state index in [1.165, 1.54) is 31.4 Å². The highest BCUT2D eigenvalue weighted by Crippen LogP contribution is 2.17. The first-order chi connectivity index (χ1) is 15.0. The van der Waals surface area contributed by atoms with Gasteiger partial charge in [-0.15, -0.1) is 0 Å². The van der Waals surface area contributed by atoms with E-state index >= 15 is 0 Å². The van der Waals surface area contributed by atoms with Gasteiger partial charge in [0.25, 0.3) is 0 Å². The third kappa shape index (κ3) is 8.50. The number of carbonyl (C=O) groups excluding carboxylic acids is 3. The smallest absolute Gasteiger partial charge is 0.343 e. The lowest BCUT2D eigenvalue weighted by molar-refractivity contribution is -0.143. The van der Waals surface area contributed by atoms with Crippen molar-refractivity contribution in [3.63, 3.8) is 0 Å². The van der Waals surface area contributed by atoms with Gasteiger partial charge in [-0.2, -0.15) is 0 Å². The van der Waals surface area contributed by atoms with E-state index in [0.717, 1.165) is 25.7 Å². The topological polar surface area (TPSA) is 88.1 Å². The van der Waals surface area contributed by atoms with Gasteiger partial charge in [0.1, 0.15) is 11.5 Å². The number of ether oxygens (including phenoxy) is 4. The minimum absolute atomic E-state index is 0.160. The van der Waals surface area contributed by atoms with Crippen molar-refractivity contribution in [2.24, 2.45) is 0 Å². The number of unbranched alkanes of at least 4 members (excludes halogenated alkanes) is 3. The van der Waals surface area contributed by atoms with E-state index in [4.69, 9.17) is 14.2 Å². The third-order valence-corrected chi connectivity index (χ3v) is 4.44. The van der Waals surface area contributed by atoms with Gasteiger partial charge in [-0.3, -0.25) is 4.79 Å². The van der Waals surface area contributed by atoms with Crippen LogP contribution in [0.1, 0.15) is 59.7 Å². The Balaban J connectivity index is 1.68. The summed E-state index contributed by atoms with van der Waals surface area (Å²) in [5.74, 6) is -0.0995. The van der Waals surface area contributed by atoms with Crippen molar-refractivity contribution < 1.29 is 33.3 Å². The lowest BCUT2D eigenvalue weighted by atomic mass is 10.2. The molecular formula is C24H28O7. The summed E-state index contributed by atoms with van der Waals surface area (Å²) in [7, 11) is 1.30. The summed E-state index contributed by atoms with van der Waals surface area (Å²) >= 11 is 0. The predicted molar refractivity (Wildman–Crippen MR) is 114 cm³/mol. The van der Waals surface area contributed by atoms with Crippen LogP contribution in [0, 0.1) is 0 Å². The van der Waals surface area contributed by atoms with Crippen LogP contribution < -0.4 is 9.47 Å². The van der Waals surface area contributed by atoms with Crippen molar-refractivity contribution in [2.75, 3.05) is 20.3 Å². The number of esters is 3. The zero-order chi connectivity index (χ0) is 22.5. The van der Waals surface area contributed by atoms with Crippen LogP contribution in [0.25, 0.3) is 0 Å². The van der Waals surface area contributed by atoms with Crippen molar-refractivity contribution in [1.29, 1.82) is 0 Å². The minimum Gasteiger partial charge on any atom is -0.494 e. The van der Waals surface area contributed by atoms with Gasteiger partial charge in [0.05, 0.1) is 31.5 Å². The maximum atomic E-state index is 12.3. The van der Waals surface area contributed by atoms with Crippen molar-refractivity contribution >= 4 is 17.9 Å². The van der Waals surface area contributed by atoms with Crippen LogP contribution in [0.2, 0.25) is 0 Å². The van der Waals surface area contributed by atoms with Crippen LogP contribution in [0.5, 0.6) is 11.5 Å². The number of rotatable bonds is 12. The van der Waals surface area contributed by atoms with E-state index in [1.807, 2.05) is 0 Å². The molecular weight excluding hydrogens is 400 g/mol. The van der Waals surface area contributed by atoms with E-state index in [2.05, 4.69) is 4.74 Å². The molecule has 2 rings (SSSR count). The Labute approximate surface area is 182 Å². The number of hydrogen-bond acceptors (Lipinski definition) is 7. The monoisotopic (exact) mass is 428 g/mol. The highest BCUT2D eigenvalue weighted by molar-refractivity contribution is 5.92. The first kappa shape index (κ1) is 23.9. The number of methoxy groups -OCH3 is 1. The van der Waals surface area contributed by atoms with Crippen LogP contribution in [0.3, 0.4) is 0 Å². The molecule has 0 aliphatic rings. The standard InChI is InChI=1S/C24H28O7/c1-3-22(25)30-17-7-5-4-6-16-29-20-12-8-19(9-13-20)24(27)31-21-14-10-18(11-15-21)23(26)28-2/h8-15H,3-7,16-17H2,1-2H3. The second kappa shape index (κ2) is 13.1. The van der Waals surface area contributed by atoms with Gasteiger partial charge in [-0.05, 0) is 74.2 Å². The summed E-state index contributed by atoms with van der Waals surface area (Å²) in [5, 5.41) is 0. The lowest BCUT2D eigenvalue weighted by Gasteiger charge is -2.08. The molecule has 0 fully saturated rings. The largest absolute Gasteiger partial charge is 0.494 e. The summed E-state index contributed by atoms with van der Waals surface area (Å²) in [5.41, 5.74) is 0.773. The van der Waals surface area contributed by atoms with Gasteiger partial charge in [-0.25, -0.2) is 9.59 Å². The fourth-order valence-electron chi connectivity index (χ4n) is 2.67. The van der Waals surface area contributed by atoms with Crippen LogP contribution in [0.15, 0.2) is 48.5 Å². The first-order valence-electron chi connectivity index (χ1n) is 10.3. The summed E-state index contributed by atoms with van der Waals surface area (Å²) in [6.45, 7) is 2.83. The second-order valence-corrected chi connectivity index (χ2v) is 6.77. The molecule has 0 atom stereocenters. The van der Waals surface area contributed by atoms with Crippen molar-refractivity contribution in [3.8, 4) is 11.5 Å². The molecule has 0 spiro atoms. The number of benzene rings is 2. The third-order valence-electron chi connectivity index (χ3n) is 4.44. The molecule has 0 amide bonds. The zero-order valence-corrected chi connectivity index (χ0v) is 17.9. The zero-order valence-electron chi connectivity index (χ0n) is 17.9. The summed E-state index contributed by atoms with van der Waals surface area (Å²) in [6, 6.07) is 12.9. The van der Waals surface area contributed by atoms with Crippen molar-refractivity contribution in [3.05, 3.63) is 59.7 Å². The van der Waals surface area contributed by atoms with E-state index in [9.17, 15) is 14.4 Å². The molecule has 7 heteroatoms. The molecule has 0 saturated carbocycles. The molecule has 0 unspecified atom stereocenters. The average Bonchev–Trinajstić information content (AvgIpc) is 2.80. The van der Waals surface area contributed by atoms with Crippen molar-refractivity contribution in [2.45, 2.75) is 39.0 Å². The first-order valence-corrected chi connectivity index (χ1v) is 10.3. The minimum atomic E-state index is -0.499. The summed E-state index contributed by atoms with van der Waals surface area (Å²) in [4.78, 5) is 34.7. The van der Waals surface area contributed by atoms with Gasteiger partial charge in [0, 0.05) is 6.42 Å². The van der Waals surface area contributed by atoms with Gasteiger partial charge in [0.2, 0.25) is 0 Å². The second-order valence-electron chi connectivity index (χ2n) is 6.77. The Hall–Kier alpha value is -3.35. The Morgan fingerprint density at radius 2 is 1.26 bits per heavy atom. The quantitative estimate of drug-likeness (QED) is 0.278. The van der Waals surface area contributed by atoms with Crippen LogP contribution in [0.4, 0.5) is 0 Å². The fourth-order valence-corrected chi connectivity index (χ4v) is 2.67. The Kier molecular flexibility index (Phi) is 10.1. The summed E-state index contributed by atoms with van der Waals surface area (Å²) < 4.78 is 20.7. The Morgan fingerprint density at radius 3 is 1.84 bits per heavy atom. The SMILES string of the molecule is CCC(=O)OCCCCCCOc1ccc(C(=O)Oc2ccc(C(=O)OC)cc2)cc1. The predicted octanol–water partition coefficient (Wildman–Crippen LogP) is 4.58. The average molecular weight is 428 g/mol. The Bertz CT molecular complexity index is 841. The van der Waals surface area contributed by atoms with Crippen molar-refractivity contribution in [1.82, 2.24) is 0 Å². The molecule has 31 heavy (non-hydrogen) atoms. The fraction of sp³-hybridized carbons (Fsp3) is 0.375. The molecule has 0 N–H and O–H groups in total. The van der Waals surface area contributed by atoms with Gasteiger partial charge in [0.15, 0.2) is 0 Å². The van der Waals surface area contributed by atoms with Crippen LogP contribution in [-0.4, -0.2) is 38.2 Å². The van der Waals surface area contributed by atoms with E-state index in [0.29, 0.717) is 42.3 Å².